The van der Waals surface area contributed by atoms with E-state index >= 15 is 0 Å². The molecule has 138 valence electrons. The molecule has 1 saturated heterocycles. The van der Waals surface area contributed by atoms with E-state index in [2.05, 4.69) is 15.6 Å². The number of piperidine rings is 1. The number of carbonyl (C=O) groups is 1. The summed E-state index contributed by atoms with van der Waals surface area (Å²) in [5.41, 5.74) is 0.678. The van der Waals surface area contributed by atoms with Gasteiger partial charge in [-0.1, -0.05) is 12.1 Å². The third-order valence-electron chi connectivity index (χ3n) is 5.56. The van der Waals surface area contributed by atoms with Gasteiger partial charge in [0.25, 0.3) is 5.91 Å². The van der Waals surface area contributed by atoms with Gasteiger partial charge < -0.3 is 18.6 Å². The molecule has 4 heterocycles. The highest BCUT2D eigenvalue weighted by atomic mass is 16.5. The quantitative estimate of drug-likeness (QED) is 0.665. The van der Waals surface area contributed by atoms with Gasteiger partial charge in [0, 0.05) is 44.7 Å². The van der Waals surface area contributed by atoms with Crippen molar-refractivity contribution in [1.82, 2.24) is 14.5 Å². The van der Waals surface area contributed by atoms with Crippen molar-refractivity contribution in [3.63, 3.8) is 0 Å². The Bertz CT molecular complexity index is 996. The predicted octanol–water partition coefficient (Wildman–Crippen LogP) is 3.38. The summed E-state index contributed by atoms with van der Waals surface area (Å²) in [7, 11) is 0. The van der Waals surface area contributed by atoms with E-state index in [4.69, 9.17) is 9.15 Å². The maximum absolute atomic E-state index is 12.7. The molecule has 0 aliphatic carbocycles. The molecule has 6 heteroatoms. The molecule has 1 spiro atoms. The minimum Gasteiger partial charge on any atom is -0.484 e. The van der Waals surface area contributed by atoms with Crippen molar-refractivity contribution < 1.29 is 13.9 Å². The lowest BCUT2D eigenvalue weighted by atomic mass is 9.87. The maximum Gasteiger partial charge on any atom is 0.289 e. The van der Waals surface area contributed by atoms with Crippen molar-refractivity contribution in [2.75, 3.05) is 13.1 Å². The van der Waals surface area contributed by atoms with Crippen molar-refractivity contribution in [1.29, 1.82) is 0 Å². The molecule has 0 N–H and O–H groups in total. The van der Waals surface area contributed by atoms with Crippen molar-refractivity contribution in [3.8, 4) is 11.4 Å². The van der Waals surface area contributed by atoms with Crippen LogP contribution >= 0.6 is 0 Å². The van der Waals surface area contributed by atoms with Crippen LogP contribution < -0.4 is 4.74 Å². The maximum atomic E-state index is 12.7. The number of aryl methyl sites for hydroxylation is 1. The van der Waals surface area contributed by atoms with Crippen LogP contribution in [0.25, 0.3) is 5.69 Å². The molecule has 0 unspecified atom stereocenters. The highest BCUT2D eigenvalue weighted by molar-refractivity contribution is 5.91. The van der Waals surface area contributed by atoms with Gasteiger partial charge in [-0.15, -0.1) is 0 Å². The SMILES string of the molecule is Cc1ccc(C(=O)N2CCC3(CC2)Cc2nccn2-c2ccccc2O3)o1. The number of rotatable bonds is 1. The van der Waals surface area contributed by atoms with E-state index in [1.54, 1.807) is 6.07 Å². The number of ether oxygens (including phenoxy) is 1. The lowest BCUT2D eigenvalue weighted by Gasteiger charge is -2.40. The lowest BCUT2D eigenvalue weighted by molar-refractivity contribution is 0.00383. The zero-order valence-corrected chi connectivity index (χ0v) is 15.2. The molecule has 27 heavy (non-hydrogen) atoms. The summed E-state index contributed by atoms with van der Waals surface area (Å²) < 4.78 is 14.1. The number of fused-ring (bicyclic) bond motifs is 3. The van der Waals surface area contributed by atoms with Gasteiger partial charge in [-0.3, -0.25) is 4.79 Å². The Morgan fingerprint density at radius 3 is 2.74 bits per heavy atom. The highest BCUT2D eigenvalue weighted by Crippen LogP contribution is 2.38. The molecule has 2 aliphatic heterocycles. The lowest BCUT2D eigenvalue weighted by Crippen LogP contribution is -2.50. The van der Waals surface area contributed by atoms with Gasteiger partial charge in [0.2, 0.25) is 0 Å². The van der Waals surface area contributed by atoms with Crippen LogP contribution in [0, 0.1) is 6.92 Å². The largest absolute Gasteiger partial charge is 0.484 e. The fraction of sp³-hybridized carbons (Fsp3) is 0.333. The number of amides is 1. The number of hydrogen-bond acceptors (Lipinski definition) is 4. The van der Waals surface area contributed by atoms with E-state index in [9.17, 15) is 4.79 Å². The molecule has 1 fully saturated rings. The number of para-hydroxylation sites is 2. The molecular formula is C21H21N3O3. The fourth-order valence-corrected chi connectivity index (χ4v) is 4.09. The Kier molecular flexibility index (Phi) is 3.60. The monoisotopic (exact) mass is 363 g/mol. The molecule has 1 amide bonds. The number of hydrogen-bond donors (Lipinski definition) is 0. The van der Waals surface area contributed by atoms with E-state index in [1.165, 1.54) is 0 Å². The second-order valence-corrected chi connectivity index (χ2v) is 7.35. The van der Waals surface area contributed by atoms with E-state index in [0.29, 0.717) is 18.8 Å². The Labute approximate surface area is 157 Å². The Morgan fingerprint density at radius 2 is 1.96 bits per heavy atom. The number of furan rings is 1. The summed E-state index contributed by atoms with van der Waals surface area (Å²) in [4.78, 5) is 19.1. The summed E-state index contributed by atoms with van der Waals surface area (Å²) in [5, 5.41) is 0. The third-order valence-corrected chi connectivity index (χ3v) is 5.56. The van der Waals surface area contributed by atoms with E-state index in [-0.39, 0.29) is 11.5 Å². The average Bonchev–Trinajstić information content (AvgIpc) is 3.29. The van der Waals surface area contributed by atoms with Gasteiger partial charge in [0.05, 0.1) is 5.69 Å². The summed E-state index contributed by atoms with van der Waals surface area (Å²) in [6.45, 7) is 3.13. The van der Waals surface area contributed by atoms with Crippen molar-refractivity contribution in [2.45, 2.75) is 31.8 Å². The molecule has 0 atom stereocenters. The van der Waals surface area contributed by atoms with Crippen molar-refractivity contribution >= 4 is 5.91 Å². The Hall–Kier alpha value is -3.02. The van der Waals surface area contributed by atoms with E-state index in [0.717, 1.165) is 42.3 Å². The van der Waals surface area contributed by atoms with Crippen LogP contribution in [0.4, 0.5) is 0 Å². The first-order chi connectivity index (χ1) is 13.1. The molecule has 2 aliphatic rings. The van der Waals surface area contributed by atoms with Crippen LogP contribution in [-0.4, -0.2) is 39.0 Å². The fourth-order valence-electron chi connectivity index (χ4n) is 4.09. The van der Waals surface area contributed by atoms with Crippen molar-refractivity contribution in [3.05, 3.63) is 66.1 Å². The van der Waals surface area contributed by atoms with Gasteiger partial charge >= 0.3 is 0 Å². The van der Waals surface area contributed by atoms with Crippen molar-refractivity contribution in [2.24, 2.45) is 0 Å². The molecule has 6 nitrogen and oxygen atoms in total. The molecule has 0 bridgehead atoms. The molecule has 2 aromatic heterocycles. The van der Waals surface area contributed by atoms with E-state index in [1.807, 2.05) is 48.5 Å². The number of likely N-dealkylation sites (tertiary alicyclic amines) is 1. The van der Waals surface area contributed by atoms with Crippen LogP contribution in [-0.2, 0) is 6.42 Å². The summed E-state index contributed by atoms with van der Waals surface area (Å²) in [5.74, 6) is 2.99. The van der Waals surface area contributed by atoms with Crippen LogP contribution in [0.2, 0.25) is 0 Å². The van der Waals surface area contributed by atoms with Gasteiger partial charge in [-0.05, 0) is 31.2 Å². The predicted molar refractivity (Wildman–Crippen MR) is 99.2 cm³/mol. The summed E-state index contributed by atoms with van der Waals surface area (Å²) >= 11 is 0. The molecular weight excluding hydrogens is 342 g/mol. The highest BCUT2D eigenvalue weighted by Gasteiger charge is 2.41. The van der Waals surface area contributed by atoms with Crippen LogP contribution in [0.3, 0.4) is 0 Å². The Morgan fingerprint density at radius 1 is 1.15 bits per heavy atom. The van der Waals surface area contributed by atoms with E-state index < -0.39 is 0 Å². The number of benzene rings is 1. The Balaban J connectivity index is 1.40. The molecule has 3 aromatic rings. The standard InChI is InChI=1S/C21H21N3O3/c1-15-6-7-18(26-15)20(25)23-11-8-21(9-12-23)14-19-22-10-13-24(19)16-4-2-3-5-17(16)27-21/h2-7,10,13H,8-9,11-12,14H2,1H3. The summed E-state index contributed by atoms with van der Waals surface area (Å²) in [6.07, 6.45) is 6.08. The smallest absolute Gasteiger partial charge is 0.289 e. The molecule has 5 rings (SSSR count). The zero-order chi connectivity index (χ0) is 18.4. The number of nitrogens with zero attached hydrogens (tertiary/aromatic N) is 3. The molecule has 0 saturated carbocycles. The minimum absolute atomic E-state index is 0.0477. The second-order valence-electron chi connectivity index (χ2n) is 7.35. The number of carbonyl (C=O) groups excluding carboxylic acids is 1. The first kappa shape index (κ1) is 16.2. The van der Waals surface area contributed by atoms with Crippen LogP contribution in [0.15, 0.2) is 53.2 Å². The van der Waals surface area contributed by atoms with Gasteiger partial charge in [0.1, 0.15) is 22.9 Å². The third kappa shape index (κ3) is 2.72. The average molecular weight is 363 g/mol. The number of imidazole rings is 1. The first-order valence-electron chi connectivity index (χ1n) is 9.30. The van der Waals surface area contributed by atoms with Crippen LogP contribution in [0.1, 0.15) is 35.0 Å². The summed E-state index contributed by atoms with van der Waals surface area (Å²) in [6, 6.07) is 11.6. The molecule has 0 radical (unpaired) electrons. The minimum atomic E-state index is -0.342. The number of aromatic nitrogens is 2. The first-order valence-corrected chi connectivity index (χ1v) is 9.30. The zero-order valence-electron chi connectivity index (χ0n) is 15.2. The topological polar surface area (TPSA) is 60.5 Å². The molecule has 1 aromatic carbocycles. The van der Waals surface area contributed by atoms with Crippen LogP contribution in [0.5, 0.6) is 5.75 Å². The second kappa shape index (κ2) is 6.01. The van der Waals surface area contributed by atoms with Gasteiger partial charge in [0.15, 0.2) is 5.76 Å². The van der Waals surface area contributed by atoms with Gasteiger partial charge in [-0.25, -0.2) is 4.98 Å². The normalized spacial score (nSPS) is 17.7. The van der Waals surface area contributed by atoms with Gasteiger partial charge in [-0.2, -0.15) is 0 Å².